The molecule has 0 spiro atoms. The molecule has 0 aliphatic carbocycles. The van der Waals surface area contributed by atoms with Crippen molar-refractivity contribution < 1.29 is 69.8 Å². The first-order valence-corrected chi connectivity index (χ1v) is 11.0. The summed E-state index contributed by atoms with van der Waals surface area (Å²) in [5.41, 5.74) is 1.88. The first kappa shape index (κ1) is 48.4. The fourth-order valence-corrected chi connectivity index (χ4v) is 2.53. The van der Waals surface area contributed by atoms with Crippen molar-refractivity contribution in [2.75, 3.05) is 52.6 Å². The molecule has 22 heteroatoms. The van der Waals surface area contributed by atoms with Crippen molar-refractivity contribution in [1.82, 2.24) is 19.8 Å². The Hall–Kier alpha value is -3.30. The minimum absolute atomic E-state index is 0. The molecule has 0 aliphatic heterocycles. The predicted molar refractivity (Wildman–Crippen MR) is 136 cm³/mol. The molecule has 0 amide bonds. The molecule has 20 nitrogen and oxygen atoms in total. The van der Waals surface area contributed by atoms with Gasteiger partial charge in [-0.2, -0.15) is 0 Å². The second-order valence-electron chi connectivity index (χ2n) is 6.74. The summed E-state index contributed by atoms with van der Waals surface area (Å²) in [7, 11) is 0. The number of nitrogens with zero attached hydrogens (tertiary/aromatic N) is 7. The van der Waals surface area contributed by atoms with Crippen molar-refractivity contribution >= 4 is 0 Å². The summed E-state index contributed by atoms with van der Waals surface area (Å²) in [6.07, 6.45) is 3.47. The SMILES string of the molecule is O=[N+]([O-])[O-].O=[N+]([O-])[O-].O=[N+]([O-])[O-].OCCN(CCO)Cc1ccccn1.[Cu+2].[Cu+2].[O-]CCN(CCO)Cc1ccccn1. The van der Waals surface area contributed by atoms with Crippen molar-refractivity contribution in [3.8, 4) is 0 Å². The van der Waals surface area contributed by atoms with Gasteiger partial charge in [-0.15, -0.1) is 6.61 Å². The first-order valence-electron chi connectivity index (χ1n) is 11.0. The van der Waals surface area contributed by atoms with Gasteiger partial charge in [0.2, 0.25) is 0 Å². The van der Waals surface area contributed by atoms with E-state index in [0.29, 0.717) is 39.3 Å². The Bertz CT molecular complexity index is 776. The largest absolute Gasteiger partial charge is 2.00 e. The van der Waals surface area contributed by atoms with Gasteiger partial charge in [0.05, 0.1) is 46.5 Å². The molecule has 246 valence electrons. The molecule has 2 aromatic heterocycles. The van der Waals surface area contributed by atoms with Crippen LogP contribution in [0.1, 0.15) is 11.4 Å². The van der Waals surface area contributed by atoms with Crippen LogP contribution < -0.4 is 5.11 Å². The molecule has 0 fully saturated rings. The average Bonchev–Trinajstić information content (AvgIpc) is 2.85. The van der Waals surface area contributed by atoms with Gasteiger partial charge in [0.15, 0.2) is 0 Å². The summed E-state index contributed by atoms with van der Waals surface area (Å²) in [5.74, 6) is 0. The molecule has 0 saturated heterocycles. The molecule has 0 aromatic carbocycles. The van der Waals surface area contributed by atoms with Crippen molar-refractivity contribution in [3.63, 3.8) is 0 Å². The Morgan fingerprint density at radius 3 is 1.10 bits per heavy atom. The van der Waals surface area contributed by atoms with Crippen molar-refractivity contribution in [1.29, 1.82) is 0 Å². The Morgan fingerprint density at radius 1 is 0.595 bits per heavy atom. The van der Waals surface area contributed by atoms with Gasteiger partial charge in [0.1, 0.15) is 0 Å². The molecule has 2 heterocycles. The maximum Gasteiger partial charge on any atom is 2.00 e. The van der Waals surface area contributed by atoms with Crippen molar-refractivity contribution in [3.05, 3.63) is 106 Å². The zero-order valence-corrected chi connectivity index (χ0v) is 23.7. The van der Waals surface area contributed by atoms with E-state index in [1.807, 2.05) is 46.2 Å². The summed E-state index contributed by atoms with van der Waals surface area (Å²) in [6.45, 7) is 3.55. The van der Waals surface area contributed by atoms with Crippen LogP contribution in [0.2, 0.25) is 0 Å². The van der Waals surface area contributed by atoms with Crippen molar-refractivity contribution in [2.24, 2.45) is 0 Å². The first-order chi connectivity index (χ1) is 18.9. The topological polar surface area (TPSA) is 315 Å². The van der Waals surface area contributed by atoms with E-state index in [1.165, 1.54) is 0 Å². The van der Waals surface area contributed by atoms with Gasteiger partial charge in [0.25, 0.3) is 0 Å². The fraction of sp³-hybridized carbons (Fsp3) is 0.500. The van der Waals surface area contributed by atoms with Crippen LogP contribution in [-0.2, 0) is 47.2 Å². The van der Waals surface area contributed by atoms with Gasteiger partial charge in [-0.25, -0.2) is 0 Å². The zero-order valence-electron chi connectivity index (χ0n) is 21.8. The van der Waals surface area contributed by atoms with Crippen LogP contribution in [0, 0.1) is 46.0 Å². The van der Waals surface area contributed by atoms with Crippen LogP contribution in [0.4, 0.5) is 0 Å². The van der Waals surface area contributed by atoms with E-state index in [1.54, 1.807) is 12.4 Å². The molecular weight excluding hydrogens is 673 g/mol. The Kier molecular flexibility index (Phi) is 41.2. The Morgan fingerprint density at radius 2 is 0.881 bits per heavy atom. The van der Waals surface area contributed by atoms with Gasteiger partial charge < -0.3 is 66.4 Å². The average molecular weight is 705 g/mol. The molecule has 2 rings (SSSR count). The van der Waals surface area contributed by atoms with E-state index < -0.39 is 15.3 Å². The van der Waals surface area contributed by atoms with Gasteiger partial charge in [-0.3, -0.25) is 19.8 Å². The van der Waals surface area contributed by atoms with Crippen molar-refractivity contribution in [2.45, 2.75) is 13.1 Å². The number of aliphatic hydroxyl groups is 3. The third kappa shape index (κ3) is 43.7. The van der Waals surface area contributed by atoms with E-state index in [9.17, 15) is 5.11 Å². The molecular formula is C20H31Cu2N7O13. The maximum absolute atomic E-state index is 10.5. The molecule has 0 atom stereocenters. The van der Waals surface area contributed by atoms with E-state index in [4.69, 9.17) is 61.3 Å². The molecule has 3 N–H and O–H groups in total. The molecule has 2 aromatic rings. The third-order valence-corrected chi connectivity index (χ3v) is 3.88. The number of aromatic nitrogens is 2. The normalized spacial score (nSPS) is 8.90. The quantitative estimate of drug-likeness (QED) is 0.127. The van der Waals surface area contributed by atoms with E-state index in [-0.39, 0.29) is 60.6 Å². The van der Waals surface area contributed by atoms with Gasteiger partial charge in [-0.05, 0) is 30.8 Å². The molecule has 42 heavy (non-hydrogen) atoms. The number of hydrogen-bond donors (Lipinski definition) is 3. The molecule has 0 unspecified atom stereocenters. The number of hydrogen-bond acceptors (Lipinski definition) is 17. The fourth-order valence-electron chi connectivity index (χ4n) is 2.53. The molecule has 0 aliphatic rings. The standard InChI is InChI=1S/C10H16N2O2.C10H15N2O2.2Cu.3NO3/c2*13-7-5-12(6-8-14)9-10-3-1-2-4-11-10;;;3*2-1(3)4/h1-4,13-14H,5-9H2;1-4,13H,5-9H2;;;;;/q;-1;2*+2;3*-1. The van der Waals surface area contributed by atoms with Crippen LogP contribution in [0.25, 0.3) is 0 Å². The smallest absolute Gasteiger partial charge is 0.854 e. The van der Waals surface area contributed by atoms with Crippen LogP contribution in [0.15, 0.2) is 48.8 Å². The van der Waals surface area contributed by atoms with Crippen LogP contribution in [-0.4, -0.2) is 103 Å². The van der Waals surface area contributed by atoms with Crippen LogP contribution in [0.3, 0.4) is 0 Å². The summed E-state index contributed by atoms with van der Waals surface area (Å²) in [6, 6.07) is 11.4. The van der Waals surface area contributed by atoms with Crippen LogP contribution >= 0.6 is 0 Å². The summed E-state index contributed by atoms with van der Waals surface area (Å²) >= 11 is 0. The van der Waals surface area contributed by atoms with Gasteiger partial charge in [0, 0.05) is 45.1 Å². The molecule has 0 saturated carbocycles. The van der Waals surface area contributed by atoms with E-state index in [0.717, 1.165) is 11.4 Å². The number of rotatable bonds is 12. The maximum atomic E-state index is 10.5. The zero-order chi connectivity index (χ0) is 31.2. The summed E-state index contributed by atoms with van der Waals surface area (Å²) < 4.78 is 0. The number of aliphatic hydroxyl groups excluding tert-OH is 3. The monoisotopic (exact) mass is 703 g/mol. The predicted octanol–water partition coefficient (Wildman–Crippen LogP) is -1.62. The summed E-state index contributed by atoms with van der Waals surface area (Å²) in [5, 5.41) is 81.1. The van der Waals surface area contributed by atoms with Crippen LogP contribution in [0.5, 0.6) is 0 Å². The minimum atomic E-state index is -1.75. The van der Waals surface area contributed by atoms with Gasteiger partial charge >= 0.3 is 34.1 Å². The Balaban J connectivity index is -0.000000153. The van der Waals surface area contributed by atoms with E-state index in [2.05, 4.69) is 9.97 Å². The second-order valence-corrected chi connectivity index (χ2v) is 6.74. The third-order valence-electron chi connectivity index (χ3n) is 3.88. The molecule has 2 radical (unpaired) electrons. The van der Waals surface area contributed by atoms with E-state index >= 15 is 0 Å². The second kappa shape index (κ2) is 35.7. The minimum Gasteiger partial charge on any atom is -0.854 e. The Labute approximate surface area is 261 Å². The molecule has 0 bridgehead atoms. The number of pyridine rings is 2. The van der Waals surface area contributed by atoms with Gasteiger partial charge in [-0.1, -0.05) is 12.1 Å². The summed E-state index contributed by atoms with van der Waals surface area (Å²) in [4.78, 5) is 36.9.